The Balaban J connectivity index is 2.39. The molecular weight excluding hydrogens is 156 g/mol. The van der Waals surface area contributed by atoms with Crippen molar-refractivity contribution in [3.05, 3.63) is 40.3 Å². The van der Waals surface area contributed by atoms with E-state index in [-0.39, 0.29) is 0 Å². The van der Waals surface area contributed by atoms with Gasteiger partial charge in [0.1, 0.15) is 0 Å². The minimum absolute atomic E-state index is 0.850. The standard InChI is InChI=1S/C9H8OS/c10-11-9-5-7-3-1-2-4-8(7)6-9/h1-5,10H,6H2. The maximum atomic E-state index is 8.79. The van der Waals surface area contributed by atoms with Crippen LogP contribution in [0.3, 0.4) is 0 Å². The number of fused-ring (bicyclic) bond motifs is 1. The number of hydrogen-bond donors (Lipinski definition) is 1. The quantitative estimate of drug-likeness (QED) is 0.644. The molecule has 0 saturated carbocycles. The summed E-state index contributed by atoms with van der Waals surface area (Å²) in [6.07, 6.45) is 2.91. The van der Waals surface area contributed by atoms with E-state index >= 15 is 0 Å². The van der Waals surface area contributed by atoms with Crippen molar-refractivity contribution in [2.24, 2.45) is 0 Å². The van der Waals surface area contributed by atoms with Crippen LogP contribution in [-0.4, -0.2) is 4.55 Å². The third kappa shape index (κ3) is 1.19. The summed E-state index contributed by atoms with van der Waals surface area (Å²) < 4.78 is 8.79. The minimum Gasteiger partial charge on any atom is -0.326 e. The Morgan fingerprint density at radius 1 is 1.27 bits per heavy atom. The Morgan fingerprint density at radius 3 is 2.82 bits per heavy atom. The zero-order valence-corrected chi connectivity index (χ0v) is 6.77. The van der Waals surface area contributed by atoms with E-state index in [0.717, 1.165) is 23.4 Å². The van der Waals surface area contributed by atoms with Gasteiger partial charge in [-0.15, -0.1) is 0 Å². The Labute approximate surface area is 70.0 Å². The van der Waals surface area contributed by atoms with E-state index in [1.165, 1.54) is 11.1 Å². The maximum absolute atomic E-state index is 8.79. The van der Waals surface area contributed by atoms with Gasteiger partial charge in [0.15, 0.2) is 0 Å². The molecule has 0 spiro atoms. The summed E-state index contributed by atoms with van der Waals surface area (Å²) in [6.45, 7) is 0. The van der Waals surface area contributed by atoms with Crippen LogP contribution in [0.2, 0.25) is 0 Å². The summed E-state index contributed by atoms with van der Waals surface area (Å²) in [5.41, 5.74) is 2.55. The molecule has 0 radical (unpaired) electrons. The van der Waals surface area contributed by atoms with E-state index in [9.17, 15) is 0 Å². The lowest BCUT2D eigenvalue weighted by molar-refractivity contribution is 0.668. The molecule has 1 nitrogen and oxygen atoms in total. The van der Waals surface area contributed by atoms with Crippen molar-refractivity contribution >= 4 is 18.1 Å². The second-order valence-corrected chi connectivity index (χ2v) is 3.28. The van der Waals surface area contributed by atoms with Crippen molar-refractivity contribution in [1.82, 2.24) is 0 Å². The second kappa shape index (κ2) is 2.72. The van der Waals surface area contributed by atoms with Crippen molar-refractivity contribution in [3.8, 4) is 0 Å². The first kappa shape index (κ1) is 6.95. The number of rotatable bonds is 1. The maximum Gasteiger partial charge on any atom is 0.0203 e. The number of benzene rings is 1. The van der Waals surface area contributed by atoms with Crippen LogP contribution >= 0.6 is 12.0 Å². The molecule has 1 aliphatic carbocycles. The molecule has 0 atom stereocenters. The lowest BCUT2D eigenvalue weighted by atomic mass is 10.1. The van der Waals surface area contributed by atoms with Crippen molar-refractivity contribution in [3.63, 3.8) is 0 Å². The van der Waals surface area contributed by atoms with Crippen molar-refractivity contribution in [2.75, 3.05) is 0 Å². The molecule has 0 saturated heterocycles. The summed E-state index contributed by atoms with van der Waals surface area (Å²) >= 11 is 0.850. The van der Waals surface area contributed by atoms with Gasteiger partial charge in [0.2, 0.25) is 0 Å². The molecule has 0 aliphatic heterocycles. The van der Waals surface area contributed by atoms with E-state index in [4.69, 9.17) is 4.55 Å². The van der Waals surface area contributed by atoms with Crippen LogP contribution in [0.15, 0.2) is 29.2 Å². The summed E-state index contributed by atoms with van der Waals surface area (Å²) in [4.78, 5) is 1.03. The molecule has 56 valence electrons. The average molecular weight is 164 g/mol. The largest absolute Gasteiger partial charge is 0.326 e. The van der Waals surface area contributed by atoms with Gasteiger partial charge in [-0.2, -0.15) is 0 Å². The van der Waals surface area contributed by atoms with Gasteiger partial charge in [0.25, 0.3) is 0 Å². The van der Waals surface area contributed by atoms with Gasteiger partial charge < -0.3 is 4.55 Å². The minimum atomic E-state index is 0.850. The molecule has 11 heavy (non-hydrogen) atoms. The van der Waals surface area contributed by atoms with Crippen LogP contribution in [0, 0.1) is 0 Å². The first-order valence-electron chi connectivity index (χ1n) is 3.50. The third-order valence-corrected chi connectivity index (χ3v) is 2.35. The molecule has 1 aromatic carbocycles. The highest BCUT2D eigenvalue weighted by molar-refractivity contribution is 7.97. The van der Waals surface area contributed by atoms with Crippen molar-refractivity contribution in [2.45, 2.75) is 6.42 Å². The van der Waals surface area contributed by atoms with Crippen LogP contribution < -0.4 is 0 Å². The van der Waals surface area contributed by atoms with Gasteiger partial charge in [0.05, 0.1) is 0 Å². The topological polar surface area (TPSA) is 20.2 Å². The highest BCUT2D eigenvalue weighted by atomic mass is 32.2. The number of hydrogen-bond acceptors (Lipinski definition) is 2. The van der Waals surface area contributed by atoms with Crippen LogP contribution in [0.4, 0.5) is 0 Å². The fourth-order valence-electron chi connectivity index (χ4n) is 1.31. The molecule has 0 bridgehead atoms. The summed E-state index contributed by atoms with van der Waals surface area (Å²) in [5, 5.41) is 0. The van der Waals surface area contributed by atoms with Crippen molar-refractivity contribution < 1.29 is 4.55 Å². The summed E-state index contributed by atoms with van der Waals surface area (Å²) in [7, 11) is 0. The normalized spacial score (nSPS) is 14.5. The van der Waals surface area contributed by atoms with Gasteiger partial charge in [-0.1, -0.05) is 24.3 Å². The van der Waals surface area contributed by atoms with Gasteiger partial charge in [-0.05, 0) is 17.2 Å². The third-order valence-electron chi connectivity index (χ3n) is 1.85. The molecule has 2 rings (SSSR count). The molecular formula is C9H8OS. The summed E-state index contributed by atoms with van der Waals surface area (Å²) in [5.74, 6) is 0. The highest BCUT2D eigenvalue weighted by Gasteiger charge is 2.10. The second-order valence-electron chi connectivity index (χ2n) is 2.58. The Hall–Kier alpha value is -0.730. The molecule has 0 heterocycles. The van der Waals surface area contributed by atoms with E-state index in [2.05, 4.69) is 12.1 Å². The zero-order valence-electron chi connectivity index (χ0n) is 5.95. The highest BCUT2D eigenvalue weighted by Crippen LogP contribution is 2.29. The van der Waals surface area contributed by atoms with E-state index in [1.54, 1.807) is 0 Å². The SMILES string of the molecule is OSC1=Cc2ccccc2C1. The fourth-order valence-corrected chi connectivity index (χ4v) is 1.71. The lowest BCUT2D eigenvalue weighted by Crippen LogP contribution is -1.79. The fraction of sp³-hybridized carbons (Fsp3) is 0.111. The molecule has 2 heteroatoms. The summed E-state index contributed by atoms with van der Waals surface area (Å²) in [6, 6.07) is 8.20. The Bertz CT molecular complexity index is 304. The molecule has 1 aliphatic rings. The van der Waals surface area contributed by atoms with Gasteiger partial charge in [0, 0.05) is 23.4 Å². The molecule has 0 amide bonds. The van der Waals surface area contributed by atoms with Crippen molar-refractivity contribution in [1.29, 1.82) is 0 Å². The van der Waals surface area contributed by atoms with Crippen LogP contribution in [0.5, 0.6) is 0 Å². The van der Waals surface area contributed by atoms with Crippen LogP contribution in [-0.2, 0) is 6.42 Å². The molecule has 0 unspecified atom stereocenters. The van der Waals surface area contributed by atoms with Gasteiger partial charge >= 0.3 is 0 Å². The predicted molar refractivity (Wildman–Crippen MR) is 48.3 cm³/mol. The molecule has 1 aromatic rings. The zero-order chi connectivity index (χ0) is 7.68. The predicted octanol–water partition coefficient (Wildman–Crippen LogP) is 2.79. The van der Waals surface area contributed by atoms with E-state index in [1.807, 2.05) is 18.2 Å². The van der Waals surface area contributed by atoms with E-state index in [0.29, 0.717) is 0 Å². The molecule has 1 N–H and O–H groups in total. The van der Waals surface area contributed by atoms with E-state index < -0.39 is 0 Å². The molecule has 0 fully saturated rings. The number of allylic oxidation sites excluding steroid dienone is 1. The van der Waals surface area contributed by atoms with Gasteiger partial charge in [-0.25, -0.2) is 0 Å². The Morgan fingerprint density at radius 2 is 2.09 bits per heavy atom. The van der Waals surface area contributed by atoms with Crippen LogP contribution in [0.1, 0.15) is 11.1 Å². The van der Waals surface area contributed by atoms with Gasteiger partial charge in [-0.3, -0.25) is 0 Å². The Kier molecular flexibility index (Phi) is 1.72. The average Bonchev–Trinajstić information content (AvgIpc) is 2.46. The first-order valence-corrected chi connectivity index (χ1v) is 4.27. The first-order chi connectivity index (χ1) is 5.40. The molecule has 0 aromatic heterocycles. The van der Waals surface area contributed by atoms with Crippen LogP contribution in [0.25, 0.3) is 6.08 Å². The lowest BCUT2D eigenvalue weighted by Gasteiger charge is -1.94. The smallest absolute Gasteiger partial charge is 0.0203 e. The monoisotopic (exact) mass is 164 g/mol.